The number of nitrogens with zero attached hydrogens (tertiary/aromatic N) is 8. The molecule has 0 spiro atoms. The third kappa shape index (κ3) is 17.5. The van der Waals surface area contributed by atoms with Crippen molar-refractivity contribution in [1.29, 1.82) is 0 Å². The highest BCUT2D eigenvalue weighted by molar-refractivity contribution is 7.15. The van der Waals surface area contributed by atoms with Crippen LogP contribution in [0.5, 0.6) is 0 Å². The maximum atomic E-state index is 14.0. The Morgan fingerprint density at radius 3 is 2.15 bits per heavy atom. The van der Waals surface area contributed by atoms with Crippen molar-refractivity contribution in [3.8, 4) is 43.4 Å². The number of aryl methyl sites for hydroxylation is 1. The Kier molecular flexibility index (Phi) is 23.9. The molecule has 490 valence electrons. The van der Waals surface area contributed by atoms with Crippen molar-refractivity contribution in [2.24, 2.45) is 17.6 Å². The minimum Gasteiger partial charge on any atom is -0.481 e. The smallest absolute Gasteiger partial charge is 0.415 e. The van der Waals surface area contributed by atoms with E-state index in [9.17, 15) is 53.7 Å². The van der Waals surface area contributed by atoms with Crippen molar-refractivity contribution in [3.05, 3.63) is 111 Å². The summed E-state index contributed by atoms with van der Waals surface area (Å²) < 4.78 is 11.4. The van der Waals surface area contributed by atoms with E-state index in [4.69, 9.17) is 35.1 Å². The normalized spacial score (nSPS) is 15.2. The molecule has 1 aromatic carbocycles. The second-order valence-electron chi connectivity index (χ2n) is 21.9. The van der Waals surface area contributed by atoms with E-state index in [0.717, 1.165) is 0 Å². The quantitative estimate of drug-likeness (QED) is 0.0153. The molecule has 0 radical (unpaired) electrons. The first-order valence-electron chi connectivity index (χ1n) is 29.5. The fraction of sp³-hybridized carbons (Fsp3) is 0.393. The number of hydrogen-bond acceptors (Lipinski definition) is 25. The number of nitrogens with two attached hydrogens (primary N) is 1. The summed E-state index contributed by atoms with van der Waals surface area (Å²) in [4.78, 5) is 138. The average Bonchev–Trinajstić information content (AvgIpc) is 1.70. The second-order valence-corrected chi connectivity index (χ2v) is 27.7. The number of aliphatic hydroxyl groups excluding tert-OH is 1. The number of pyridine rings is 1. The number of hydrogen-bond donors (Lipinski definition) is 8. The van der Waals surface area contributed by atoms with Gasteiger partial charge in [0.1, 0.15) is 88.3 Å². The van der Waals surface area contributed by atoms with E-state index in [1.165, 1.54) is 87.1 Å². The van der Waals surface area contributed by atoms with Crippen LogP contribution in [0.4, 0.5) is 10.6 Å². The predicted octanol–water partition coefficient (Wildman–Crippen LogP) is 9.57. The van der Waals surface area contributed by atoms with Crippen LogP contribution in [0.15, 0.2) is 64.0 Å². The van der Waals surface area contributed by atoms with E-state index in [0.29, 0.717) is 125 Å². The Morgan fingerprint density at radius 2 is 1.45 bits per heavy atom. The van der Waals surface area contributed by atoms with Gasteiger partial charge in [-0.2, -0.15) is 0 Å². The minimum atomic E-state index is -1.31. The zero-order valence-electron chi connectivity index (χ0n) is 51.0. The summed E-state index contributed by atoms with van der Waals surface area (Å²) in [5.74, 6) is -4.33. The van der Waals surface area contributed by atoms with Crippen LogP contribution >= 0.6 is 68.0 Å². The van der Waals surface area contributed by atoms with Crippen LogP contribution < -0.4 is 31.9 Å². The van der Waals surface area contributed by atoms with E-state index in [1.807, 2.05) is 13.8 Å². The monoisotopic (exact) mass is 1380 g/mol. The van der Waals surface area contributed by atoms with Crippen molar-refractivity contribution in [2.75, 3.05) is 32.1 Å². The molecule has 0 aliphatic heterocycles. The van der Waals surface area contributed by atoms with Gasteiger partial charge in [0.15, 0.2) is 6.29 Å². The molecule has 26 nitrogen and oxygen atoms in total. The molecule has 0 saturated heterocycles. The van der Waals surface area contributed by atoms with Crippen LogP contribution in [-0.4, -0.2) is 132 Å². The average molecular weight is 1380 g/mol. The highest BCUT2D eigenvalue weighted by Crippen LogP contribution is 2.40. The van der Waals surface area contributed by atoms with E-state index in [1.54, 1.807) is 70.9 Å². The Balaban J connectivity index is 0.929. The van der Waals surface area contributed by atoms with E-state index in [2.05, 4.69) is 36.2 Å². The molecule has 7 aromatic heterocycles. The number of carboxylic acid groups (broad SMARTS) is 2. The Bertz CT molecular complexity index is 3970. The zero-order valence-corrected chi connectivity index (χ0v) is 55.9. The SMILES string of the molecule is CNC(=O)C[C@H](N)c1nc(C(=O)NC(c2nc(C(=O)NCC(=O)N[C@H](c3nc(-c4nc(-c5nc(-c6nc(N(CCCCCC(=O)O)C(=O)O[C@H]7CC[C@H](C(=O)O)CC7)cs6)ccc5-c5nc(C=O)cs5)cs4)cs3)[C@@H](O)c3ccccc3)c(COC)s2)C(C)C)c(C)s1. The number of aliphatic carboxylic acids is 2. The molecule has 32 heteroatoms. The van der Waals surface area contributed by atoms with Crippen LogP contribution in [0, 0.1) is 18.8 Å². The van der Waals surface area contributed by atoms with Crippen molar-refractivity contribution in [1.82, 2.24) is 56.2 Å². The van der Waals surface area contributed by atoms with Gasteiger partial charge < -0.3 is 51.8 Å². The van der Waals surface area contributed by atoms with Crippen LogP contribution in [0.2, 0.25) is 0 Å². The largest absolute Gasteiger partial charge is 0.481 e. The minimum absolute atomic E-state index is 0.00257. The van der Waals surface area contributed by atoms with Crippen LogP contribution in [0.25, 0.3) is 43.4 Å². The number of aromatic nitrogens is 7. The standard InChI is InChI=1S/C61H67N13O13S6/c1-30(2)46(71-53(82)47-31(3)92-55(72-47)37(62)22-43(76)63-4)59-73-49(41(93-59)25-86-5)52(81)64-23-44(77)70-50(51(80)32-12-8-6-9-13-32)58-68-40(28-90-58)57-67-39(27-89-57)48-36(54-65-34(24-75)26-88-54)19-20-38(66-48)56-69-42(29-91-56)74(21-11-7-10-14-45(78)79)61(85)87-35-17-15-33(16-18-35)60(83)84/h6,8-9,12-13,19-20,24,26-30,33,35,37,46,50-51,80H,7,10-11,14-18,21-23,25,62H2,1-5H3,(H,63,76)(H,64,81)(H,70,77)(H,71,82)(H,78,79)(H,83,84)/t33-,35-,37-,46?,50-,51-/m0/s1. The molecule has 9 N–H and O–H groups in total. The Hall–Kier alpha value is -8.21. The molecule has 9 rings (SSSR count). The molecular formula is C61H67N13O13S6. The van der Waals surface area contributed by atoms with Gasteiger partial charge in [-0.05, 0) is 69.1 Å². The number of rotatable bonds is 30. The van der Waals surface area contributed by atoms with Crippen LogP contribution in [-0.2, 0) is 35.3 Å². The van der Waals surface area contributed by atoms with Gasteiger partial charge in [0, 0.05) is 65.5 Å². The summed E-state index contributed by atoms with van der Waals surface area (Å²) in [5, 5.41) is 51.1. The number of carbonyl (C=O) groups excluding carboxylic acids is 6. The molecule has 4 atom stereocenters. The topological polar surface area (TPSA) is 383 Å². The third-order valence-corrected chi connectivity index (χ3v) is 20.7. The molecule has 1 unspecified atom stereocenters. The summed E-state index contributed by atoms with van der Waals surface area (Å²) >= 11 is 7.29. The van der Waals surface area contributed by atoms with Gasteiger partial charge in [-0.1, -0.05) is 50.6 Å². The van der Waals surface area contributed by atoms with E-state index in [-0.39, 0.29) is 60.7 Å². The number of methoxy groups -OCH3 is 1. The maximum absolute atomic E-state index is 14.0. The highest BCUT2D eigenvalue weighted by Gasteiger charge is 2.34. The number of nitrogens with one attached hydrogen (secondary N) is 4. The lowest BCUT2D eigenvalue weighted by Crippen LogP contribution is -2.40. The fourth-order valence-electron chi connectivity index (χ4n) is 10.00. The number of carboxylic acids is 2. The van der Waals surface area contributed by atoms with Crippen LogP contribution in [0.3, 0.4) is 0 Å². The molecule has 8 aromatic rings. The van der Waals surface area contributed by atoms with E-state index >= 15 is 0 Å². The summed E-state index contributed by atoms with van der Waals surface area (Å²) in [6, 6.07) is 9.73. The first-order chi connectivity index (χ1) is 44.7. The molecule has 1 aliphatic carbocycles. The zero-order chi connectivity index (χ0) is 66.5. The highest BCUT2D eigenvalue weighted by atomic mass is 32.1. The van der Waals surface area contributed by atoms with Crippen LogP contribution in [0.1, 0.15) is 158 Å². The number of ether oxygens (including phenoxy) is 2. The molecule has 93 heavy (non-hydrogen) atoms. The summed E-state index contributed by atoms with van der Waals surface area (Å²) in [6.07, 6.45) is 1.11. The molecule has 5 amide bonds. The summed E-state index contributed by atoms with van der Waals surface area (Å²) in [6.45, 7) is 5.15. The lowest BCUT2D eigenvalue weighted by atomic mass is 9.87. The van der Waals surface area contributed by atoms with Gasteiger partial charge in [-0.3, -0.25) is 38.5 Å². The van der Waals surface area contributed by atoms with Gasteiger partial charge in [0.2, 0.25) is 11.8 Å². The van der Waals surface area contributed by atoms with Gasteiger partial charge in [0.25, 0.3) is 11.8 Å². The number of thiazole rings is 6. The molecule has 1 fully saturated rings. The first kappa shape index (κ1) is 69.1. The molecule has 1 aliphatic rings. The van der Waals surface area contributed by atoms with Gasteiger partial charge in [-0.25, -0.2) is 39.7 Å². The van der Waals surface area contributed by atoms with Crippen molar-refractivity contribution >= 4 is 122 Å². The molecular weight excluding hydrogens is 1320 g/mol. The molecule has 0 bridgehead atoms. The number of aldehydes is 1. The molecule has 7 heterocycles. The summed E-state index contributed by atoms with van der Waals surface area (Å²) in [5.41, 5.74) is 9.29. The fourth-order valence-corrected chi connectivity index (χ4v) is 15.5. The van der Waals surface area contributed by atoms with Crippen molar-refractivity contribution in [3.63, 3.8) is 0 Å². The van der Waals surface area contributed by atoms with Gasteiger partial charge >= 0.3 is 18.0 Å². The third-order valence-electron chi connectivity index (χ3n) is 14.9. The number of aliphatic hydroxyl groups is 1. The lowest BCUT2D eigenvalue weighted by Gasteiger charge is -2.28. The lowest BCUT2D eigenvalue weighted by molar-refractivity contribution is -0.143. The van der Waals surface area contributed by atoms with Gasteiger partial charge in [0.05, 0.1) is 41.7 Å². The Morgan fingerprint density at radius 1 is 0.731 bits per heavy atom. The van der Waals surface area contributed by atoms with Crippen molar-refractivity contribution < 1.29 is 63.1 Å². The maximum Gasteiger partial charge on any atom is 0.415 e. The van der Waals surface area contributed by atoms with E-state index < -0.39 is 78.5 Å². The number of benzene rings is 1. The summed E-state index contributed by atoms with van der Waals surface area (Å²) in [7, 11) is 2.97. The number of anilines is 1. The van der Waals surface area contributed by atoms with Crippen molar-refractivity contribution in [2.45, 2.75) is 115 Å². The number of unbranched alkanes of at least 4 members (excludes halogenated alkanes) is 2. The second kappa shape index (κ2) is 32.1. The number of carbonyl (C=O) groups is 8. The number of amides is 5. The Labute approximate surface area is 557 Å². The predicted molar refractivity (Wildman–Crippen MR) is 352 cm³/mol. The molecule has 1 saturated carbocycles. The first-order valence-corrected chi connectivity index (χ1v) is 34.6. The van der Waals surface area contributed by atoms with Gasteiger partial charge in [-0.15, -0.1) is 68.0 Å².